The van der Waals surface area contributed by atoms with Crippen LogP contribution in [0.15, 0.2) is 42.9 Å². The topological polar surface area (TPSA) is 147 Å². The van der Waals surface area contributed by atoms with Crippen LogP contribution in [0.1, 0.15) is 62.7 Å². The van der Waals surface area contributed by atoms with Crippen LogP contribution in [-0.2, 0) is 19.7 Å². The van der Waals surface area contributed by atoms with Crippen molar-refractivity contribution < 1.29 is 31.8 Å². The van der Waals surface area contributed by atoms with E-state index in [1.807, 2.05) is 13.8 Å². The van der Waals surface area contributed by atoms with Gasteiger partial charge in [-0.15, -0.1) is 0 Å². The summed E-state index contributed by atoms with van der Waals surface area (Å²) in [5.74, 6) is 0.698. The molecule has 0 bridgehead atoms. The smallest absolute Gasteiger partial charge is 0.277 e. The van der Waals surface area contributed by atoms with E-state index in [4.69, 9.17) is 14.2 Å². The number of hydrogen-bond acceptors (Lipinski definition) is 10. The van der Waals surface area contributed by atoms with Crippen LogP contribution in [0.5, 0.6) is 11.5 Å². The van der Waals surface area contributed by atoms with Crippen LogP contribution in [-0.4, -0.2) is 106 Å². The van der Waals surface area contributed by atoms with Gasteiger partial charge >= 0.3 is 0 Å². The number of amides is 1. The summed E-state index contributed by atoms with van der Waals surface area (Å²) in [6.07, 6.45) is 9.01. The molecule has 1 amide bonds. The lowest BCUT2D eigenvalue weighted by atomic mass is 9.72. The van der Waals surface area contributed by atoms with Crippen LogP contribution in [0.25, 0.3) is 0 Å². The number of aromatic nitrogens is 2. The molecule has 2 aromatic rings. The molecule has 13 nitrogen and oxygen atoms in total. The maximum atomic E-state index is 14.3. The van der Waals surface area contributed by atoms with Gasteiger partial charge in [0.05, 0.1) is 37.7 Å². The van der Waals surface area contributed by atoms with E-state index in [0.29, 0.717) is 37.2 Å². The van der Waals surface area contributed by atoms with Gasteiger partial charge in [-0.3, -0.25) is 4.79 Å². The average molecular weight is 716 g/mol. The Kier molecular flexibility index (Phi) is 11.7. The van der Waals surface area contributed by atoms with E-state index >= 15 is 0 Å². The maximum absolute atomic E-state index is 14.3. The lowest BCUT2D eigenvalue weighted by molar-refractivity contribution is -0.0299. The quantitative estimate of drug-likeness (QED) is 0.221. The first kappa shape index (κ1) is 36.6. The molecule has 1 aromatic heterocycles. The Labute approximate surface area is 294 Å². The van der Waals surface area contributed by atoms with Gasteiger partial charge in [0.2, 0.25) is 0 Å². The van der Waals surface area contributed by atoms with Crippen LogP contribution < -0.4 is 24.4 Å². The van der Waals surface area contributed by atoms with Crippen molar-refractivity contribution in [3.05, 3.63) is 54.3 Å². The van der Waals surface area contributed by atoms with Gasteiger partial charge in [-0.1, -0.05) is 12.2 Å². The third kappa shape index (κ3) is 9.98. The molecule has 1 aliphatic carbocycles. The molecule has 4 fully saturated rings. The van der Waals surface area contributed by atoms with Crippen molar-refractivity contribution in [1.29, 1.82) is 0 Å². The van der Waals surface area contributed by atoms with Gasteiger partial charge < -0.3 is 29.3 Å². The molecule has 6 rings (SSSR count). The number of rotatable bonds is 16. The van der Waals surface area contributed by atoms with E-state index in [9.17, 15) is 17.6 Å². The van der Waals surface area contributed by atoms with E-state index in [1.54, 1.807) is 6.20 Å². The fourth-order valence-corrected chi connectivity index (χ4v) is 8.00. The molecule has 274 valence electrons. The zero-order valence-corrected chi connectivity index (χ0v) is 29.9. The second-order valence-electron chi connectivity index (χ2n) is 14.6. The highest BCUT2D eigenvalue weighted by molar-refractivity contribution is 7.87. The minimum atomic E-state index is -3.50. The van der Waals surface area contributed by atoms with Crippen LogP contribution >= 0.6 is 0 Å². The SMILES string of the molecule is C=C(C)COC[C@@H](C)NC(=O)c1cc(F)ccc1Oc1cncnc1N1CC2(CCN(C[C@@H]3CC[C@@H](NS(=O)(=O)NCC4CC4)CO3)CC2)C1. The molecule has 0 unspecified atom stereocenters. The number of piperidine rings is 1. The molecule has 3 atom stereocenters. The molecular formula is C35H50FN7O6S. The number of carbonyl (C=O) groups is 1. The largest absolute Gasteiger partial charge is 0.451 e. The number of carbonyl (C=O) groups excluding carboxylic acids is 1. The van der Waals surface area contributed by atoms with E-state index in [-0.39, 0.29) is 41.5 Å². The second kappa shape index (κ2) is 16.0. The highest BCUT2D eigenvalue weighted by Crippen LogP contribution is 2.45. The third-order valence-electron chi connectivity index (χ3n) is 9.84. The highest BCUT2D eigenvalue weighted by Gasteiger charge is 2.46. The van der Waals surface area contributed by atoms with Gasteiger partial charge in [0.1, 0.15) is 17.9 Å². The lowest BCUT2D eigenvalue weighted by Crippen LogP contribution is -2.61. The standard InChI is InChI=1S/C35H50FN7O6S/c1-24(2)18-47-19-25(3)40-34(44)30-14-27(36)6-9-31(30)49-32-16-37-23-38-33(32)43-21-35(22-43)10-12-42(13-11-35)17-29-8-7-28(20-48-29)41-50(45,46)39-15-26-4-5-26/h6,9,14,16,23,25-26,28-29,39,41H,1,4-5,7-8,10-13,15,17-22H2,2-3H3,(H,40,44)/t25-,28-,29+/m1/s1. The molecule has 1 aromatic carbocycles. The predicted molar refractivity (Wildman–Crippen MR) is 187 cm³/mol. The summed E-state index contributed by atoms with van der Waals surface area (Å²) in [6, 6.07) is 3.35. The van der Waals surface area contributed by atoms with Gasteiger partial charge in [-0.05, 0) is 89.6 Å². The fraction of sp³-hybridized carbons (Fsp3) is 0.629. The van der Waals surface area contributed by atoms with Crippen LogP contribution in [0.3, 0.4) is 0 Å². The molecule has 50 heavy (non-hydrogen) atoms. The number of anilines is 1. The number of nitrogens with one attached hydrogen (secondary N) is 3. The Balaban J connectivity index is 0.969. The Morgan fingerprint density at radius 1 is 1.18 bits per heavy atom. The molecule has 3 saturated heterocycles. The summed E-state index contributed by atoms with van der Waals surface area (Å²) in [7, 11) is -3.50. The zero-order valence-electron chi connectivity index (χ0n) is 29.0. The minimum absolute atomic E-state index is 0.0682. The van der Waals surface area contributed by atoms with E-state index < -0.39 is 21.9 Å². The van der Waals surface area contributed by atoms with Crippen molar-refractivity contribution in [2.24, 2.45) is 11.3 Å². The van der Waals surface area contributed by atoms with Gasteiger partial charge in [0.25, 0.3) is 16.1 Å². The second-order valence-corrected chi connectivity index (χ2v) is 16.1. The summed E-state index contributed by atoms with van der Waals surface area (Å²) >= 11 is 0. The summed E-state index contributed by atoms with van der Waals surface area (Å²) in [6.45, 7) is 13.5. The number of nitrogens with zero attached hydrogens (tertiary/aromatic N) is 4. The molecule has 4 heterocycles. The fourth-order valence-electron chi connectivity index (χ4n) is 6.84. The monoisotopic (exact) mass is 715 g/mol. The van der Waals surface area contributed by atoms with Gasteiger partial charge in [-0.25, -0.2) is 19.1 Å². The van der Waals surface area contributed by atoms with Crippen molar-refractivity contribution >= 4 is 21.9 Å². The van der Waals surface area contributed by atoms with Crippen molar-refractivity contribution in [2.45, 2.75) is 70.6 Å². The van der Waals surface area contributed by atoms with Crippen LogP contribution in [0.2, 0.25) is 0 Å². The molecular weight excluding hydrogens is 665 g/mol. The van der Waals surface area contributed by atoms with Crippen molar-refractivity contribution in [2.75, 3.05) is 64.0 Å². The van der Waals surface area contributed by atoms with Gasteiger partial charge in [-0.2, -0.15) is 13.1 Å². The normalized spacial score (nSPS) is 22.9. The van der Waals surface area contributed by atoms with Crippen molar-refractivity contribution in [3.8, 4) is 11.5 Å². The molecule has 1 spiro atoms. The van der Waals surface area contributed by atoms with E-state index in [2.05, 4.69) is 41.1 Å². The first-order valence-electron chi connectivity index (χ1n) is 17.6. The third-order valence-corrected chi connectivity index (χ3v) is 11.0. The number of likely N-dealkylation sites (tertiary alicyclic amines) is 1. The first-order valence-corrected chi connectivity index (χ1v) is 19.1. The lowest BCUT2D eigenvalue weighted by Gasteiger charge is -2.54. The summed E-state index contributed by atoms with van der Waals surface area (Å²) < 4.78 is 62.2. The van der Waals surface area contributed by atoms with Gasteiger partial charge in [0.15, 0.2) is 11.6 Å². The summed E-state index contributed by atoms with van der Waals surface area (Å²) in [4.78, 5) is 26.5. The molecule has 3 aliphatic heterocycles. The summed E-state index contributed by atoms with van der Waals surface area (Å²) in [5.41, 5.74) is 1.12. The number of hydrogen-bond donors (Lipinski definition) is 3. The molecule has 1 saturated carbocycles. The number of benzene rings is 1. The summed E-state index contributed by atoms with van der Waals surface area (Å²) in [5, 5.41) is 2.85. The maximum Gasteiger partial charge on any atom is 0.277 e. The number of halogens is 1. The van der Waals surface area contributed by atoms with E-state index in [1.165, 1.54) is 18.5 Å². The molecule has 4 aliphatic rings. The van der Waals surface area contributed by atoms with Crippen LogP contribution in [0.4, 0.5) is 10.2 Å². The Morgan fingerprint density at radius 2 is 1.96 bits per heavy atom. The average Bonchev–Trinajstić information content (AvgIpc) is 3.90. The van der Waals surface area contributed by atoms with E-state index in [0.717, 1.165) is 82.9 Å². The zero-order chi connectivity index (χ0) is 35.3. The predicted octanol–water partition coefficient (Wildman–Crippen LogP) is 3.40. The Bertz CT molecular complexity index is 1600. The number of ether oxygens (including phenoxy) is 3. The molecule has 15 heteroatoms. The van der Waals surface area contributed by atoms with Crippen LogP contribution in [0, 0.1) is 17.2 Å². The van der Waals surface area contributed by atoms with Gasteiger partial charge in [0, 0.05) is 43.7 Å². The Morgan fingerprint density at radius 3 is 2.66 bits per heavy atom. The van der Waals surface area contributed by atoms with Crippen molar-refractivity contribution in [1.82, 2.24) is 29.6 Å². The molecule has 0 radical (unpaired) electrons. The first-order chi connectivity index (χ1) is 24.0. The minimum Gasteiger partial charge on any atom is -0.451 e. The molecule has 3 N–H and O–H groups in total. The van der Waals surface area contributed by atoms with Crippen molar-refractivity contribution in [3.63, 3.8) is 0 Å². The Hall–Kier alpha value is -3.21. The highest BCUT2D eigenvalue weighted by atomic mass is 32.2.